The SMILES string of the molecule is CCc1nc(C2SCC(=O)N2Cc2ccc(OC)cc2OC)c(C)[nH]1. The van der Waals surface area contributed by atoms with E-state index in [1.807, 2.05) is 30.0 Å². The second-order valence-electron chi connectivity index (χ2n) is 5.91. The summed E-state index contributed by atoms with van der Waals surface area (Å²) < 4.78 is 10.7. The van der Waals surface area contributed by atoms with E-state index in [0.717, 1.165) is 40.7 Å². The van der Waals surface area contributed by atoms with Crippen molar-refractivity contribution in [3.8, 4) is 11.5 Å². The van der Waals surface area contributed by atoms with Gasteiger partial charge in [0.15, 0.2) is 0 Å². The Morgan fingerprint density at radius 2 is 2.16 bits per heavy atom. The number of rotatable bonds is 6. The molecule has 1 fully saturated rings. The van der Waals surface area contributed by atoms with Crippen molar-refractivity contribution in [1.29, 1.82) is 0 Å². The summed E-state index contributed by atoms with van der Waals surface area (Å²) in [6.45, 7) is 4.56. The van der Waals surface area contributed by atoms with Gasteiger partial charge in [-0.05, 0) is 19.1 Å². The number of H-pyrrole nitrogens is 1. The van der Waals surface area contributed by atoms with Crippen molar-refractivity contribution in [2.24, 2.45) is 0 Å². The summed E-state index contributed by atoms with van der Waals surface area (Å²) in [5.74, 6) is 2.99. The molecule has 1 amide bonds. The third kappa shape index (κ3) is 3.46. The largest absolute Gasteiger partial charge is 0.497 e. The van der Waals surface area contributed by atoms with Crippen molar-refractivity contribution in [1.82, 2.24) is 14.9 Å². The lowest BCUT2D eigenvalue weighted by Crippen LogP contribution is -2.28. The molecule has 0 saturated carbocycles. The molecule has 1 aliphatic rings. The molecule has 1 saturated heterocycles. The predicted molar refractivity (Wildman–Crippen MR) is 98.0 cm³/mol. The Kier molecular flexibility index (Phi) is 5.22. The minimum absolute atomic E-state index is 0.0733. The van der Waals surface area contributed by atoms with Gasteiger partial charge in [-0.2, -0.15) is 0 Å². The molecule has 134 valence electrons. The summed E-state index contributed by atoms with van der Waals surface area (Å²) in [6, 6.07) is 5.67. The Hall–Kier alpha value is -2.15. The zero-order chi connectivity index (χ0) is 18.0. The summed E-state index contributed by atoms with van der Waals surface area (Å²) in [6.07, 6.45) is 0.846. The topological polar surface area (TPSA) is 67.5 Å². The molecule has 1 N–H and O–H groups in total. The van der Waals surface area contributed by atoms with Gasteiger partial charge in [-0.25, -0.2) is 4.98 Å². The number of ether oxygens (including phenoxy) is 2. The number of aromatic amines is 1. The number of methoxy groups -OCH3 is 2. The molecule has 6 nitrogen and oxygen atoms in total. The van der Waals surface area contributed by atoms with Crippen molar-refractivity contribution < 1.29 is 14.3 Å². The van der Waals surface area contributed by atoms with Gasteiger partial charge in [-0.1, -0.05) is 6.92 Å². The summed E-state index contributed by atoms with van der Waals surface area (Å²) >= 11 is 1.62. The van der Waals surface area contributed by atoms with Crippen LogP contribution in [0.2, 0.25) is 0 Å². The van der Waals surface area contributed by atoms with Gasteiger partial charge in [0.1, 0.15) is 22.7 Å². The van der Waals surface area contributed by atoms with Gasteiger partial charge < -0.3 is 19.4 Å². The van der Waals surface area contributed by atoms with Crippen molar-refractivity contribution in [2.45, 2.75) is 32.2 Å². The van der Waals surface area contributed by atoms with Crippen molar-refractivity contribution in [2.75, 3.05) is 20.0 Å². The van der Waals surface area contributed by atoms with Crippen LogP contribution in [0.1, 0.15) is 35.1 Å². The summed E-state index contributed by atoms with van der Waals surface area (Å²) in [4.78, 5) is 22.3. The van der Waals surface area contributed by atoms with Gasteiger partial charge >= 0.3 is 0 Å². The Morgan fingerprint density at radius 1 is 1.36 bits per heavy atom. The van der Waals surface area contributed by atoms with E-state index >= 15 is 0 Å². The zero-order valence-electron chi connectivity index (χ0n) is 15.0. The Balaban J connectivity index is 1.89. The van der Waals surface area contributed by atoms with Crippen LogP contribution >= 0.6 is 11.8 Å². The number of nitrogens with one attached hydrogen (secondary N) is 1. The van der Waals surface area contributed by atoms with Crippen LogP contribution in [0.4, 0.5) is 0 Å². The third-order valence-electron chi connectivity index (χ3n) is 4.34. The van der Waals surface area contributed by atoms with Crippen LogP contribution in [-0.4, -0.2) is 40.7 Å². The first kappa shape index (κ1) is 17.7. The first-order valence-corrected chi connectivity index (χ1v) is 9.29. The highest BCUT2D eigenvalue weighted by molar-refractivity contribution is 8.00. The van der Waals surface area contributed by atoms with Crippen molar-refractivity contribution in [3.05, 3.63) is 41.0 Å². The first-order chi connectivity index (χ1) is 12.1. The summed E-state index contributed by atoms with van der Waals surface area (Å²) in [7, 11) is 3.25. The normalized spacial score (nSPS) is 17.2. The molecule has 1 aliphatic heterocycles. The molecule has 1 aromatic heterocycles. The lowest BCUT2D eigenvalue weighted by atomic mass is 10.1. The molecule has 0 bridgehead atoms. The highest BCUT2D eigenvalue weighted by atomic mass is 32.2. The predicted octanol–water partition coefficient (Wildman–Crippen LogP) is 3.07. The molecule has 7 heteroatoms. The molecule has 2 heterocycles. The molecular weight excluding hydrogens is 338 g/mol. The number of carbonyl (C=O) groups is 1. The first-order valence-electron chi connectivity index (χ1n) is 8.24. The number of amides is 1. The molecule has 1 unspecified atom stereocenters. The van der Waals surface area contributed by atoms with E-state index in [1.165, 1.54) is 0 Å². The molecule has 0 radical (unpaired) electrons. The van der Waals surface area contributed by atoms with E-state index in [4.69, 9.17) is 9.47 Å². The lowest BCUT2D eigenvalue weighted by molar-refractivity contribution is -0.128. The number of benzene rings is 1. The van der Waals surface area contributed by atoms with Crippen LogP contribution in [0.5, 0.6) is 11.5 Å². The molecule has 2 aromatic rings. The average Bonchev–Trinajstić information content (AvgIpc) is 3.18. The maximum absolute atomic E-state index is 12.5. The number of thioether (sulfide) groups is 1. The van der Waals surface area contributed by atoms with E-state index in [1.54, 1.807) is 26.0 Å². The highest BCUT2D eigenvalue weighted by Crippen LogP contribution is 2.41. The van der Waals surface area contributed by atoms with E-state index in [2.05, 4.69) is 16.9 Å². The molecule has 0 aliphatic carbocycles. The van der Waals surface area contributed by atoms with Gasteiger partial charge in [0.25, 0.3) is 0 Å². The maximum atomic E-state index is 12.5. The van der Waals surface area contributed by atoms with Gasteiger partial charge in [0.2, 0.25) is 5.91 Å². The third-order valence-corrected chi connectivity index (χ3v) is 5.55. The van der Waals surface area contributed by atoms with Crippen LogP contribution in [0.3, 0.4) is 0 Å². The van der Waals surface area contributed by atoms with Gasteiger partial charge in [0, 0.05) is 23.7 Å². The second kappa shape index (κ2) is 7.39. The van der Waals surface area contributed by atoms with Crippen molar-refractivity contribution >= 4 is 17.7 Å². The highest BCUT2D eigenvalue weighted by Gasteiger charge is 2.35. The van der Waals surface area contributed by atoms with Crippen LogP contribution in [-0.2, 0) is 17.8 Å². The molecule has 1 aromatic carbocycles. The number of aryl methyl sites for hydroxylation is 2. The molecule has 1 atom stereocenters. The van der Waals surface area contributed by atoms with Gasteiger partial charge in [0.05, 0.1) is 32.2 Å². The van der Waals surface area contributed by atoms with Crippen LogP contribution in [0, 0.1) is 6.92 Å². The quantitative estimate of drug-likeness (QED) is 0.856. The van der Waals surface area contributed by atoms with E-state index in [-0.39, 0.29) is 11.3 Å². The standard InChI is InChI=1S/C18H23N3O3S/c1-5-15-19-11(2)17(20-15)18-21(16(22)10-25-18)9-12-6-7-13(23-3)8-14(12)24-4/h6-8,18H,5,9-10H2,1-4H3,(H,19,20). The number of carbonyl (C=O) groups excluding carboxylic acids is 1. The second-order valence-corrected chi connectivity index (χ2v) is 6.98. The average molecular weight is 361 g/mol. The van der Waals surface area contributed by atoms with Crippen molar-refractivity contribution in [3.63, 3.8) is 0 Å². The lowest BCUT2D eigenvalue weighted by Gasteiger charge is -2.24. The van der Waals surface area contributed by atoms with E-state index in [9.17, 15) is 4.79 Å². The number of hydrogen-bond donors (Lipinski definition) is 1. The fraction of sp³-hybridized carbons (Fsp3) is 0.444. The maximum Gasteiger partial charge on any atom is 0.234 e. The fourth-order valence-electron chi connectivity index (χ4n) is 2.96. The van der Waals surface area contributed by atoms with Gasteiger partial charge in [-0.15, -0.1) is 11.8 Å². The molecule has 25 heavy (non-hydrogen) atoms. The van der Waals surface area contributed by atoms with E-state index < -0.39 is 0 Å². The van der Waals surface area contributed by atoms with Gasteiger partial charge in [-0.3, -0.25) is 4.79 Å². The monoisotopic (exact) mass is 361 g/mol. The van der Waals surface area contributed by atoms with Crippen LogP contribution in [0.15, 0.2) is 18.2 Å². The summed E-state index contributed by atoms with van der Waals surface area (Å²) in [5.41, 5.74) is 2.92. The molecule has 0 spiro atoms. The Bertz CT molecular complexity index is 775. The zero-order valence-corrected chi connectivity index (χ0v) is 15.8. The van der Waals surface area contributed by atoms with E-state index in [0.29, 0.717) is 12.3 Å². The number of nitrogens with zero attached hydrogens (tertiary/aromatic N) is 2. The smallest absolute Gasteiger partial charge is 0.234 e. The van der Waals surface area contributed by atoms with Crippen LogP contribution in [0.25, 0.3) is 0 Å². The summed E-state index contributed by atoms with van der Waals surface area (Å²) in [5, 5.41) is -0.0733. The minimum Gasteiger partial charge on any atom is -0.497 e. The Labute approximate surface area is 151 Å². The fourth-order valence-corrected chi connectivity index (χ4v) is 4.19. The van der Waals surface area contributed by atoms with Crippen LogP contribution < -0.4 is 9.47 Å². The molecular formula is C18H23N3O3S. The number of imidazole rings is 1. The Morgan fingerprint density at radius 3 is 2.80 bits per heavy atom. The number of hydrogen-bond acceptors (Lipinski definition) is 5. The number of aromatic nitrogens is 2. The molecule has 3 rings (SSSR count). The minimum atomic E-state index is -0.0733.